The average molecular weight is 301 g/mol. The number of carbonyl (C=O) groups excluding carboxylic acids is 1. The fraction of sp³-hybridized carbons (Fsp3) is 0.500. The first-order valence-electron chi connectivity index (χ1n) is 6.46. The van der Waals surface area contributed by atoms with Gasteiger partial charge in [0, 0.05) is 13.6 Å². The van der Waals surface area contributed by atoms with Crippen LogP contribution in [0.4, 0.5) is 4.79 Å². The molecule has 0 saturated heterocycles. The molecule has 0 aromatic heterocycles. The highest BCUT2D eigenvalue weighted by molar-refractivity contribution is 5.85. The third-order valence-electron chi connectivity index (χ3n) is 3.48. The van der Waals surface area contributed by atoms with Crippen LogP contribution in [-0.4, -0.2) is 30.7 Å². The van der Waals surface area contributed by atoms with Gasteiger partial charge in [0.25, 0.3) is 0 Å². The second kappa shape index (κ2) is 6.92. The third kappa shape index (κ3) is 3.42. The number of nitrogens with two attached hydrogens (primary N) is 1. The number of halogens is 1. The van der Waals surface area contributed by atoms with E-state index in [0.29, 0.717) is 18.9 Å². The zero-order valence-electron chi connectivity index (χ0n) is 12.0. The largest absolute Gasteiger partial charge is 0.414 e. The molecule has 2 N–H and O–H groups in total. The topological polar surface area (TPSA) is 64.8 Å². The Hall–Kier alpha value is -1.30. The molecule has 1 heterocycles. The zero-order valence-corrected chi connectivity index (χ0v) is 12.8. The van der Waals surface area contributed by atoms with Gasteiger partial charge >= 0.3 is 6.09 Å². The number of nitrogens with zero attached hydrogens (tertiary/aromatic N) is 1. The Morgan fingerprint density at radius 2 is 2.25 bits per heavy atom. The molecule has 5 nitrogen and oxygen atoms in total. The molecular formula is C14H21ClN2O3. The normalized spacial score (nSPS) is 20.6. The molecule has 112 valence electrons. The van der Waals surface area contributed by atoms with Gasteiger partial charge in [-0.25, -0.2) is 4.79 Å². The van der Waals surface area contributed by atoms with Gasteiger partial charge < -0.3 is 20.1 Å². The van der Waals surface area contributed by atoms with E-state index < -0.39 is 0 Å². The molecule has 0 bridgehead atoms. The molecule has 0 saturated carbocycles. The molecule has 2 atom stereocenters. The Bertz CT molecular complexity index is 481. The second-order valence-corrected chi connectivity index (χ2v) is 4.78. The van der Waals surface area contributed by atoms with Crippen LogP contribution in [0.1, 0.15) is 31.0 Å². The van der Waals surface area contributed by atoms with Gasteiger partial charge in [-0.3, -0.25) is 0 Å². The van der Waals surface area contributed by atoms with Gasteiger partial charge in [-0.2, -0.15) is 0 Å². The monoisotopic (exact) mass is 300 g/mol. The molecule has 0 radical (unpaired) electrons. The van der Waals surface area contributed by atoms with E-state index in [0.717, 1.165) is 11.1 Å². The number of amides is 1. The van der Waals surface area contributed by atoms with Gasteiger partial charge in [0.1, 0.15) is 5.75 Å². The van der Waals surface area contributed by atoms with Crippen molar-refractivity contribution in [3.63, 3.8) is 0 Å². The first-order chi connectivity index (χ1) is 9.02. The van der Waals surface area contributed by atoms with Crippen LogP contribution in [0, 0.1) is 0 Å². The van der Waals surface area contributed by atoms with Crippen molar-refractivity contribution in [3.05, 3.63) is 29.3 Å². The maximum Gasteiger partial charge on any atom is 0.414 e. The second-order valence-electron chi connectivity index (χ2n) is 4.78. The molecule has 1 amide bonds. The van der Waals surface area contributed by atoms with Gasteiger partial charge in [0.15, 0.2) is 0 Å². The van der Waals surface area contributed by atoms with Gasteiger partial charge in [-0.1, -0.05) is 6.07 Å². The fourth-order valence-electron chi connectivity index (χ4n) is 1.96. The molecule has 0 unspecified atom stereocenters. The highest BCUT2D eigenvalue weighted by atomic mass is 35.5. The number of benzene rings is 1. The molecule has 1 aliphatic rings. The molecule has 1 aliphatic heterocycles. The molecular weight excluding hydrogens is 280 g/mol. The van der Waals surface area contributed by atoms with E-state index in [4.69, 9.17) is 15.2 Å². The summed E-state index contributed by atoms with van der Waals surface area (Å²) in [5.74, 6) is 0.522. The number of ether oxygens (including phenoxy) is 2. The zero-order chi connectivity index (χ0) is 14.0. The fourth-order valence-corrected chi connectivity index (χ4v) is 1.96. The summed E-state index contributed by atoms with van der Waals surface area (Å²) in [6.45, 7) is 4.99. The smallest absolute Gasteiger partial charge is 0.410 e. The summed E-state index contributed by atoms with van der Waals surface area (Å²) in [7, 11) is 1.70. The van der Waals surface area contributed by atoms with Crippen LogP contribution in [0.3, 0.4) is 0 Å². The van der Waals surface area contributed by atoms with Crippen molar-refractivity contribution in [3.8, 4) is 5.75 Å². The minimum atomic E-state index is -0.365. The van der Waals surface area contributed by atoms with Crippen LogP contribution >= 0.6 is 12.4 Å². The van der Waals surface area contributed by atoms with Crippen molar-refractivity contribution in [2.24, 2.45) is 5.73 Å². The highest BCUT2D eigenvalue weighted by Crippen LogP contribution is 2.30. The molecule has 0 spiro atoms. The summed E-state index contributed by atoms with van der Waals surface area (Å²) in [6.07, 6.45) is -0.395. The predicted molar refractivity (Wildman–Crippen MR) is 79.2 cm³/mol. The highest BCUT2D eigenvalue weighted by Gasteiger charge is 2.24. The van der Waals surface area contributed by atoms with E-state index in [1.54, 1.807) is 13.1 Å². The Kier molecular flexibility index (Phi) is 5.80. The Morgan fingerprint density at radius 3 is 2.90 bits per heavy atom. The van der Waals surface area contributed by atoms with Gasteiger partial charge in [0.2, 0.25) is 0 Å². The Morgan fingerprint density at radius 1 is 1.55 bits per heavy atom. The van der Waals surface area contributed by atoms with Crippen LogP contribution in [-0.2, 0) is 11.3 Å². The number of rotatable bonds is 2. The van der Waals surface area contributed by atoms with E-state index in [1.165, 1.54) is 4.90 Å². The standard InChI is InChI=1S/C14H20N2O3.ClH/c1-4-16(3)14(17)19-11-6-5-10-8-18-9(2)13(15)12(10)7-11;/h5-7,9,13H,4,8,15H2,1-3H3;1H/t9-,13-;/m1./s1. The first-order valence-corrected chi connectivity index (χ1v) is 6.46. The predicted octanol–water partition coefficient (Wildman–Crippen LogP) is 2.48. The molecule has 1 aromatic rings. The van der Waals surface area contributed by atoms with Crippen molar-refractivity contribution >= 4 is 18.5 Å². The van der Waals surface area contributed by atoms with E-state index in [-0.39, 0.29) is 30.6 Å². The maximum atomic E-state index is 11.7. The van der Waals surface area contributed by atoms with Crippen molar-refractivity contribution < 1.29 is 14.3 Å². The summed E-state index contributed by atoms with van der Waals surface area (Å²) in [6, 6.07) is 5.31. The lowest BCUT2D eigenvalue weighted by Crippen LogP contribution is -2.32. The van der Waals surface area contributed by atoms with E-state index in [9.17, 15) is 4.79 Å². The third-order valence-corrected chi connectivity index (χ3v) is 3.48. The summed E-state index contributed by atoms with van der Waals surface area (Å²) in [5, 5.41) is 0. The van der Waals surface area contributed by atoms with E-state index in [2.05, 4.69) is 0 Å². The number of hydrogen-bond donors (Lipinski definition) is 1. The average Bonchev–Trinajstić information content (AvgIpc) is 2.42. The van der Waals surface area contributed by atoms with Gasteiger partial charge in [0.05, 0.1) is 18.8 Å². The Balaban J connectivity index is 0.00000200. The van der Waals surface area contributed by atoms with Crippen molar-refractivity contribution in [2.45, 2.75) is 32.6 Å². The number of fused-ring (bicyclic) bond motifs is 1. The lowest BCUT2D eigenvalue weighted by molar-refractivity contribution is 0.0213. The lowest BCUT2D eigenvalue weighted by atomic mass is 9.95. The summed E-state index contributed by atoms with van der Waals surface area (Å²) in [4.78, 5) is 13.2. The van der Waals surface area contributed by atoms with Crippen molar-refractivity contribution in [1.82, 2.24) is 4.90 Å². The SMILES string of the molecule is CCN(C)C(=O)Oc1ccc2c(c1)[C@H](N)[C@@H](C)OC2.Cl. The number of carbonyl (C=O) groups is 1. The van der Waals surface area contributed by atoms with Crippen LogP contribution in [0.5, 0.6) is 5.75 Å². The molecule has 1 aromatic carbocycles. The van der Waals surface area contributed by atoms with Crippen LogP contribution in [0.15, 0.2) is 18.2 Å². The van der Waals surface area contributed by atoms with Crippen LogP contribution in [0.2, 0.25) is 0 Å². The van der Waals surface area contributed by atoms with Crippen LogP contribution in [0.25, 0.3) is 0 Å². The first kappa shape index (κ1) is 16.8. The molecule has 0 fully saturated rings. The molecule has 6 heteroatoms. The quantitative estimate of drug-likeness (QED) is 0.911. The minimum absolute atomic E-state index is 0. The van der Waals surface area contributed by atoms with Crippen LogP contribution < -0.4 is 10.5 Å². The number of hydrogen-bond acceptors (Lipinski definition) is 4. The lowest BCUT2D eigenvalue weighted by Gasteiger charge is -2.29. The molecule has 0 aliphatic carbocycles. The minimum Gasteiger partial charge on any atom is -0.410 e. The summed E-state index contributed by atoms with van der Waals surface area (Å²) >= 11 is 0. The maximum absolute atomic E-state index is 11.7. The molecule has 20 heavy (non-hydrogen) atoms. The van der Waals surface area contributed by atoms with Crippen molar-refractivity contribution in [2.75, 3.05) is 13.6 Å². The van der Waals surface area contributed by atoms with E-state index in [1.807, 2.05) is 26.0 Å². The van der Waals surface area contributed by atoms with Gasteiger partial charge in [-0.05, 0) is 37.1 Å². The van der Waals surface area contributed by atoms with Crippen molar-refractivity contribution in [1.29, 1.82) is 0 Å². The summed E-state index contributed by atoms with van der Waals surface area (Å²) in [5.41, 5.74) is 8.14. The van der Waals surface area contributed by atoms with E-state index >= 15 is 0 Å². The van der Waals surface area contributed by atoms with Gasteiger partial charge in [-0.15, -0.1) is 12.4 Å². The molecule has 2 rings (SSSR count). The summed E-state index contributed by atoms with van der Waals surface area (Å²) < 4.78 is 10.9. The Labute approximate surface area is 125 Å².